The standard InChI is InChI=1S/C20H18Cl2N4O4/c1-20(14-8-5-12(21)9-15(14)22)18(29)26(19(30)25-20)10-16(27)24-13-6-3-11(4-7-13)17(28)23-2/h3-9H,10H2,1-2H3,(H,23,28)(H,24,27)(H,25,30). The first-order valence-corrected chi connectivity index (χ1v) is 9.63. The monoisotopic (exact) mass is 448 g/mol. The van der Waals surface area contributed by atoms with E-state index in [4.69, 9.17) is 23.2 Å². The van der Waals surface area contributed by atoms with E-state index < -0.39 is 29.9 Å². The van der Waals surface area contributed by atoms with Gasteiger partial charge in [-0.25, -0.2) is 4.79 Å². The van der Waals surface area contributed by atoms with E-state index in [1.54, 1.807) is 36.4 Å². The van der Waals surface area contributed by atoms with Gasteiger partial charge in [0.15, 0.2) is 0 Å². The summed E-state index contributed by atoms with van der Waals surface area (Å²) in [5.74, 6) is -1.44. The first-order chi connectivity index (χ1) is 14.2. The highest BCUT2D eigenvalue weighted by atomic mass is 35.5. The average molecular weight is 449 g/mol. The maximum Gasteiger partial charge on any atom is 0.325 e. The number of urea groups is 1. The van der Waals surface area contributed by atoms with Gasteiger partial charge in [-0.3, -0.25) is 19.3 Å². The lowest BCUT2D eigenvalue weighted by Gasteiger charge is -2.23. The van der Waals surface area contributed by atoms with Gasteiger partial charge in [-0.05, 0) is 43.3 Å². The molecule has 0 radical (unpaired) electrons. The molecule has 5 amide bonds. The topological polar surface area (TPSA) is 108 Å². The Morgan fingerprint density at radius 3 is 2.37 bits per heavy atom. The van der Waals surface area contributed by atoms with Crippen LogP contribution in [0.1, 0.15) is 22.8 Å². The summed E-state index contributed by atoms with van der Waals surface area (Å²) in [4.78, 5) is 50.1. The highest BCUT2D eigenvalue weighted by Gasteiger charge is 2.50. The van der Waals surface area contributed by atoms with Gasteiger partial charge in [-0.1, -0.05) is 29.3 Å². The number of carbonyl (C=O) groups excluding carboxylic acids is 4. The zero-order valence-corrected chi connectivity index (χ0v) is 17.6. The number of halogens is 2. The lowest BCUT2D eigenvalue weighted by atomic mass is 9.92. The Hall–Kier alpha value is -3.10. The maximum atomic E-state index is 12.9. The van der Waals surface area contributed by atoms with E-state index in [1.165, 1.54) is 20.0 Å². The molecule has 0 aromatic heterocycles. The predicted molar refractivity (Wildman–Crippen MR) is 113 cm³/mol. The van der Waals surface area contributed by atoms with Crippen LogP contribution in [-0.2, 0) is 15.1 Å². The molecule has 1 atom stereocenters. The van der Waals surface area contributed by atoms with Gasteiger partial charge >= 0.3 is 6.03 Å². The Balaban J connectivity index is 1.72. The second-order valence-electron chi connectivity index (χ2n) is 6.78. The quantitative estimate of drug-likeness (QED) is 0.611. The zero-order valence-electron chi connectivity index (χ0n) is 16.1. The molecule has 1 heterocycles. The molecule has 1 aliphatic heterocycles. The van der Waals surface area contributed by atoms with E-state index in [9.17, 15) is 19.2 Å². The van der Waals surface area contributed by atoms with Crippen LogP contribution in [0.4, 0.5) is 10.5 Å². The van der Waals surface area contributed by atoms with E-state index in [-0.39, 0.29) is 10.9 Å². The van der Waals surface area contributed by atoms with Gasteiger partial charge in [-0.15, -0.1) is 0 Å². The average Bonchev–Trinajstić information content (AvgIpc) is 2.91. The smallest absolute Gasteiger partial charge is 0.325 e. The van der Waals surface area contributed by atoms with Gasteiger partial charge in [-0.2, -0.15) is 0 Å². The van der Waals surface area contributed by atoms with E-state index in [1.807, 2.05) is 0 Å². The predicted octanol–water partition coefficient (Wildman–Crippen LogP) is 2.76. The first-order valence-electron chi connectivity index (χ1n) is 8.87. The van der Waals surface area contributed by atoms with Crippen LogP contribution in [0.25, 0.3) is 0 Å². The van der Waals surface area contributed by atoms with Crippen LogP contribution in [0.3, 0.4) is 0 Å². The molecule has 0 aliphatic carbocycles. The molecule has 30 heavy (non-hydrogen) atoms. The Kier molecular flexibility index (Phi) is 6.00. The van der Waals surface area contributed by atoms with E-state index in [0.717, 1.165) is 4.90 Å². The van der Waals surface area contributed by atoms with Crippen molar-refractivity contribution in [1.82, 2.24) is 15.5 Å². The van der Waals surface area contributed by atoms with Crippen LogP contribution in [-0.4, -0.2) is 42.2 Å². The van der Waals surface area contributed by atoms with E-state index in [0.29, 0.717) is 21.8 Å². The lowest BCUT2D eigenvalue weighted by Crippen LogP contribution is -2.42. The summed E-state index contributed by atoms with van der Waals surface area (Å²) in [6.45, 7) is 1.03. The fourth-order valence-electron chi connectivity index (χ4n) is 3.11. The summed E-state index contributed by atoms with van der Waals surface area (Å²) in [6, 6.07) is 10.1. The second kappa shape index (κ2) is 8.33. The molecule has 3 rings (SSSR count). The van der Waals surface area contributed by atoms with Crippen LogP contribution >= 0.6 is 23.2 Å². The number of benzene rings is 2. The van der Waals surface area contributed by atoms with Crippen molar-refractivity contribution in [3.8, 4) is 0 Å². The van der Waals surface area contributed by atoms with Gasteiger partial charge in [0.2, 0.25) is 5.91 Å². The number of nitrogens with one attached hydrogen (secondary N) is 3. The molecule has 0 saturated carbocycles. The van der Waals surface area contributed by atoms with Crippen molar-refractivity contribution in [2.45, 2.75) is 12.5 Å². The van der Waals surface area contributed by atoms with Crippen molar-refractivity contribution in [2.75, 3.05) is 18.9 Å². The number of anilines is 1. The summed E-state index contributed by atoms with van der Waals surface area (Å²) < 4.78 is 0. The molecule has 8 nitrogen and oxygen atoms in total. The van der Waals surface area contributed by atoms with Crippen LogP contribution in [0.15, 0.2) is 42.5 Å². The van der Waals surface area contributed by atoms with Crippen LogP contribution < -0.4 is 16.0 Å². The van der Waals surface area contributed by atoms with Gasteiger partial charge in [0.1, 0.15) is 12.1 Å². The van der Waals surface area contributed by atoms with Crippen LogP contribution in [0, 0.1) is 0 Å². The number of hydrogen-bond acceptors (Lipinski definition) is 4. The molecule has 2 aromatic rings. The number of hydrogen-bond donors (Lipinski definition) is 3. The molecule has 10 heteroatoms. The SMILES string of the molecule is CNC(=O)c1ccc(NC(=O)CN2C(=O)NC(C)(c3ccc(Cl)cc3Cl)C2=O)cc1. The Labute approximate surface area is 182 Å². The van der Waals surface area contributed by atoms with Crippen molar-refractivity contribution in [3.05, 3.63) is 63.6 Å². The summed E-state index contributed by atoms with van der Waals surface area (Å²) in [7, 11) is 1.51. The Morgan fingerprint density at radius 1 is 1.10 bits per heavy atom. The molecule has 2 aromatic carbocycles. The van der Waals surface area contributed by atoms with Crippen molar-refractivity contribution < 1.29 is 19.2 Å². The minimum Gasteiger partial charge on any atom is -0.355 e. The molecule has 1 unspecified atom stereocenters. The molecule has 0 bridgehead atoms. The first kappa shape index (κ1) is 21.6. The van der Waals surface area contributed by atoms with Gasteiger partial charge in [0, 0.05) is 33.9 Å². The summed E-state index contributed by atoms with van der Waals surface area (Å²) in [6.07, 6.45) is 0. The maximum absolute atomic E-state index is 12.9. The zero-order chi connectivity index (χ0) is 22.1. The van der Waals surface area contributed by atoms with Crippen LogP contribution in [0.2, 0.25) is 10.0 Å². The third-order valence-corrected chi connectivity index (χ3v) is 5.25. The number of nitrogens with zero attached hydrogens (tertiary/aromatic N) is 1. The summed E-state index contributed by atoms with van der Waals surface area (Å²) in [5, 5.41) is 8.29. The summed E-state index contributed by atoms with van der Waals surface area (Å²) >= 11 is 12.1. The van der Waals surface area contributed by atoms with Crippen LogP contribution in [0.5, 0.6) is 0 Å². The lowest BCUT2D eigenvalue weighted by molar-refractivity contribution is -0.133. The second-order valence-corrected chi connectivity index (χ2v) is 7.62. The normalized spacial score (nSPS) is 18.2. The number of imide groups is 1. The van der Waals surface area contributed by atoms with E-state index >= 15 is 0 Å². The fraction of sp³-hybridized carbons (Fsp3) is 0.200. The number of carbonyl (C=O) groups is 4. The molecule has 0 spiro atoms. The molecule has 156 valence electrons. The number of rotatable bonds is 5. The third-order valence-electron chi connectivity index (χ3n) is 4.70. The Morgan fingerprint density at radius 2 is 1.77 bits per heavy atom. The number of amides is 5. The van der Waals surface area contributed by atoms with Gasteiger partial charge in [0.05, 0.1) is 0 Å². The minimum absolute atomic E-state index is 0.223. The minimum atomic E-state index is -1.42. The van der Waals surface area contributed by atoms with E-state index in [2.05, 4.69) is 16.0 Å². The van der Waals surface area contributed by atoms with Crippen molar-refractivity contribution in [1.29, 1.82) is 0 Å². The fourth-order valence-corrected chi connectivity index (χ4v) is 3.71. The molecule has 1 saturated heterocycles. The molecular weight excluding hydrogens is 431 g/mol. The van der Waals surface area contributed by atoms with Crippen molar-refractivity contribution in [3.63, 3.8) is 0 Å². The molecule has 1 aliphatic rings. The highest BCUT2D eigenvalue weighted by molar-refractivity contribution is 6.35. The molecule has 1 fully saturated rings. The van der Waals surface area contributed by atoms with Crippen molar-refractivity contribution >= 4 is 52.6 Å². The van der Waals surface area contributed by atoms with Crippen molar-refractivity contribution in [2.24, 2.45) is 0 Å². The molecule has 3 N–H and O–H groups in total. The third kappa shape index (κ3) is 4.10. The highest BCUT2D eigenvalue weighted by Crippen LogP contribution is 2.34. The van der Waals surface area contributed by atoms with Gasteiger partial charge in [0.25, 0.3) is 11.8 Å². The summed E-state index contributed by atoms with van der Waals surface area (Å²) in [5.41, 5.74) is -0.197. The molecular formula is C20H18Cl2N4O4. The van der Waals surface area contributed by atoms with Gasteiger partial charge < -0.3 is 16.0 Å². The largest absolute Gasteiger partial charge is 0.355 e. The Bertz CT molecular complexity index is 1040.